The van der Waals surface area contributed by atoms with E-state index >= 15 is 0 Å². The summed E-state index contributed by atoms with van der Waals surface area (Å²) < 4.78 is 6.17. The highest BCUT2D eigenvalue weighted by Gasteiger charge is 2.39. The predicted octanol–water partition coefficient (Wildman–Crippen LogP) is 1.74. The fourth-order valence-electron chi connectivity index (χ4n) is 2.83. The summed E-state index contributed by atoms with van der Waals surface area (Å²) in [4.78, 5) is 2.28. The molecule has 2 aliphatic heterocycles. The second-order valence-electron chi connectivity index (χ2n) is 5.18. The van der Waals surface area contributed by atoms with Crippen molar-refractivity contribution in [3.05, 3.63) is 23.8 Å². The van der Waals surface area contributed by atoms with Crippen LogP contribution in [0.4, 0.5) is 5.69 Å². The minimum absolute atomic E-state index is 0.00641. The number of benzene rings is 1. The summed E-state index contributed by atoms with van der Waals surface area (Å²) in [6.07, 6.45) is 1.08. The molecular formula is C13H18N2O. The van der Waals surface area contributed by atoms with Gasteiger partial charge in [-0.1, -0.05) is 6.07 Å². The highest BCUT2D eigenvalue weighted by molar-refractivity contribution is 5.61. The number of nitrogens with zero attached hydrogens (tertiary/aromatic N) is 1. The molecule has 0 aliphatic carbocycles. The third-order valence-electron chi connectivity index (χ3n) is 3.39. The first-order valence-corrected chi connectivity index (χ1v) is 5.90. The lowest BCUT2D eigenvalue weighted by Gasteiger charge is -2.46. The summed E-state index contributed by atoms with van der Waals surface area (Å²) in [5.74, 6) is 1.07. The largest absolute Gasteiger partial charge is 0.485 e. The molecule has 0 saturated carbocycles. The van der Waals surface area contributed by atoms with E-state index < -0.39 is 0 Å². The first kappa shape index (κ1) is 9.97. The number of nitrogens with one attached hydrogen (secondary N) is 1. The molecule has 0 amide bonds. The molecule has 2 heterocycles. The molecule has 0 atom stereocenters. The van der Waals surface area contributed by atoms with Gasteiger partial charge in [-0.15, -0.1) is 0 Å². The van der Waals surface area contributed by atoms with Crippen LogP contribution in [-0.4, -0.2) is 37.2 Å². The third kappa shape index (κ3) is 1.55. The molecule has 1 aromatic carbocycles. The molecule has 1 aromatic rings. The molecule has 3 heteroatoms. The second-order valence-corrected chi connectivity index (χ2v) is 5.18. The Balaban J connectivity index is 1.83. The Kier molecular flexibility index (Phi) is 2.11. The first-order chi connectivity index (χ1) is 7.66. The Bertz CT molecular complexity index is 410. The van der Waals surface area contributed by atoms with Crippen LogP contribution in [0.1, 0.15) is 12.5 Å². The molecule has 1 saturated heterocycles. The van der Waals surface area contributed by atoms with Crippen LogP contribution in [0.5, 0.6) is 5.75 Å². The summed E-state index contributed by atoms with van der Waals surface area (Å²) in [7, 11) is 2.13. The van der Waals surface area contributed by atoms with Crippen molar-refractivity contribution in [2.75, 3.05) is 32.0 Å². The number of hydrogen-bond donors (Lipinski definition) is 1. The minimum atomic E-state index is 0.00641. The van der Waals surface area contributed by atoms with Gasteiger partial charge in [0.15, 0.2) is 0 Å². The Hall–Kier alpha value is -1.22. The van der Waals surface area contributed by atoms with Crippen LogP contribution in [-0.2, 0) is 6.42 Å². The van der Waals surface area contributed by atoms with Gasteiger partial charge in [-0.05, 0) is 32.5 Å². The smallest absolute Gasteiger partial charge is 0.131 e. The van der Waals surface area contributed by atoms with E-state index in [-0.39, 0.29) is 5.60 Å². The fraction of sp³-hybridized carbons (Fsp3) is 0.538. The van der Waals surface area contributed by atoms with Gasteiger partial charge in [0, 0.05) is 30.9 Å². The van der Waals surface area contributed by atoms with Gasteiger partial charge in [0.05, 0.1) is 0 Å². The zero-order valence-electron chi connectivity index (χ0n) is 9.92. The van der Waals surface area contributed by atoms with Gasteiger partial charge in [-0.25, -0.2) is 0 Å². The normalized spacial score (nSPS) is 22.1. The van der Waals surface area contributed by atoms with Crippen LogP contribution in [0.2, 0.25) is 0 Å². The van der Waals surface area contributed by atoms with Gasteiger partial charge in [0.25, 0.3) is 0 Å². The van der Waals surface area contributed by atoms with Gasteiger partial charge >= 0.3 is 0 Å². The first-order valence-electron chi connectivity index (χ1n) is 5.90. The van der Waals surface area contributed by atoms with Crippen molar-refractivity contribution in [3.63, 3.8) is 0 Å². The zero-order valence-corrected chi connectivity index (χ0v) is 9.92. The van der Waals surface area contributed by atoms with Gasteiger partial charge in [0.2, 0.25) is 0 Å². The maximum absolute atomic E-state index is 6.17. The molecule has 0 radical (unpaired) electrons. The maximum Gasteiger partial charge on any atom is 0.131 e. The lowest BCUT2D eigenvalue weighted by Crippen LogP contribution is -2.61. The number of likely N-dealkylation sites (N-methyl/N-ethyl adjacent to an activating group) is 1. The number of anilines is 1. The van der Waals surface area contributed by atoms with Crippen LogP contribution in [0.3, 0.4) is 0 Å². The van der Waals surface area contributed by atoms with Crippen LogP contribution >= 0.6 is 0 Å². The van der Waals surface area contributed by atoms with E-state index in [1.165, 1.54) is 11.3 Å². The Morgan fingerprint density at radius 2 is 2.19 bits per heavy atom. The molecule has 2 aliphatic rings. The number of ether oxygens (including phenoxy) is 1. The topological polar surface area (TPSA) is 24.5 Å². The lowest BCUT2D eigenvalue weighted by molar-refractivity contribution is -0.0500. The third-order valence-corrected chi connectivity index (χ3v) is 3.39. The van der Waals surface area contributed by atoms with E-state index in [0.717, 1.165) is 31.8 Å². The quantitative estimate of drug-likeness (QED) is 0.818. The van der Waals surface area contributed by atoms with E-state index in [1.54, 1.807) is 0 Å². The van der Waals surface area contributed by atoms with Crippen molar-refractivity contribution < 1.29 is 4.74 Å². The molecular weight excluding hydrogens is 200 g/mol. The molecule has 1 fully saturated rings. The monoisotopic (exact) mass is 218 g/mol. The van der Waals surface area contributed by atoms with E-state index in [1.807, 2.05) is 0 Å². The average molecular weight is 218 g/mol. The molecule has 0 spiro atoms. The van der Waals surface area contributed by atoms with Crippen molar-refractivity contribution in [1.82, 2.24) is 4.90 Å². The Morgan fingerprint density at radius 1 is 1.38 bits per heavy atom. The average Bonchev–Trinajstić information content (AvgIpc) is 2.64. The van der Waals surface area contributed by atoms with Crippen molar-refractivity contribution >= 4 is 5.69 Å². The summed E-state index contributed by atoms with van der Waals surface area (Å²) in [5, 5.41) is 3.38. The molecule has 3 nitrogen and oxygen atoms in total. The standard InChI is InChI=1S/C13H18N2O/c1-13(8-15(2)9-13)16-12-5-3-4-11-10(12)6-7-14-11/h3-5,14H,6-9H2,1-2H3. The van der Waals surface area contributed by atoms with E-state index in [9.17, 15) is 0 Å². The maximum atomic E-state index is 6.17. The second kappa shape index (κ2) is 3.39. The highest BCUT2D eigenvalue weighted by atomic mass is 16.5. The van der Waals surface area contributed by atoms with Gasteiger partial charge < -0.3 is 10.1 Å². The number of likely N-dealkylation sites (tertiary alicyclic amines) is 1. The van der Waals surface area contributed by atoms with Crippen LogP contribution in [0.25, 0.3) is 0 Å². The van der Waals surface area contributed by atoms with E-state index in [2.05, 4.69) is 42.4 Å². The van der Waals surface area contributed by atoms with Crippen molar-refractivity contribution in [3.8, 4) is 5.75 Å². The van der Waals surface area contributed by atoms with Gasteiger partial charge in [-0.3, -0.25) is 4.90 Å². The molecule has 3 rings (SSSR count). The van der Waals surface area contributed by atoms with Crippen LogP contribution in [0, 0.1) is 0 Å². The Morgan fingerprint density at radius 3 is 2.94 bits per heavy atom. The Labute approximate surface area is 96.4 Å². The summed E-state index contributed by atoms with van der Waals surface area (Å²) in [6.45, 7) is 5.26. The van der Waals surface area contributed by atoms with E-state index in [4.69, 9.17) is 4.74 Å². The molecule has 1 N–H and O–H groups in total. The number of hydrogen-bond acceptors (Lipinski definition) is 3. The van der Waals surface area contributed by atoms with Crippen molar-refractivity contribution in [2.45, 2.75) is 18.9 Å². The SMILES string of the molecule is CN1CC(C)(Oc2cccc3c2CCN3)C1. The van der Waals surface area contributed by atoms with Gasteiger partial charge in [-0.2, -0.15) is 0 Å². The molecule has 0 aromatic heterocycles. The summed E-state index contributed by atoms with van der Waals surface area (Å²) >= 11 is 0. The summed E-state index contributed by atoms with van der Waals surface area (Å²) in [6, 6.07) is 6.29. The van der Waals surface area contributed by atoms with Crippen LogP contribution < -0.4 is 10.1 Å². The minimum Gasteiger partial charge on any atom is -0.485 e. The predicted molar refractivity (Wildman–Crippen MR) is 65.2 cm³/mol. The number of rotatable bonds is 2. The molecule has 86 valence electrons. The zero-order chi connectivity index (χ0) is 11.2. The molecule has 0 bridgehead atoms. The van der Waals surface area contributed by atoms with Crippen LogP contribution in [0.15, 0.2) is 18.2 Å². The van der Waals surface area contributed by atoms with Crippen molar-refractivity contribution in [1.29, 1.82) is 0 Å². The molecule has 0 unspecified atom stereocenters. The lowest BCUT2D eigenvalue weighted by atomic mass is 9.97. The van der Waals surface area contributed by atoms with Gasteiger partial charge in [0.1, 0.15) is 11.4 Å². The van der Waals surface area contributed by atoms with E-state index in [0.29, 0.717) is 0 Å². The van der Waals surface area contributed by atoms with Crippen molar-refractivity contribution in [2.24, 2.45) is 0 Å². The fourth-order valence-corrected chi connectivity index (χ4v) is 2.83. The number of fused-ring (bicyclic) bond motifs is 1. The molecule has 16 heavy (non-hydrogen) atoms. The summed E-state index contributed by atoms with van der Waals surface area (Å²) in [5.41, 5.74) is 2.60. The highest BCUT2D eigenvalue weighted by Crippen LogP contribution is 2.35.